The summed E-state index contributed by atoms with van der Waals surface area (Å²) >= 11 is 0. The Kier molecular flexibility index (Phi) is 28.4. The summed E-state index contributed by atoms with van der Waals surface area (Å²) in [5, 5.41) is 71.5. The summed E-state index contributed by atoms with van der Waals surface area (Å²) < 4.78 is 2.34. The van der Waals surface area contributed by atoms with Crippen molar-refractivity contribution < 1.29 is 78.3 Å². The van der Waals surface area contributed by atoms with Gasteiger partial charge in [-0.15, -0.1) is 9.46 Å². The van der Waals surface area contributed by atoms with Crippen LogP contribution in [-0.2, 0) is 38.4 Å². The van der Waals surface area contributed by atoms with E-state index < -0.39 is 23.9 Å². The predicted molar refractivity (Wildman–Crippen MR) is 302 cm³/mol. The van der Waals surface area contributed by atoms with E-state index in [1.807, 2.05) is 9.80 Å². The Morgan fingerprint density at radius 1 is 0.524 bits per heavy atom. The lowest BCUT2D eigenvalue weighted by molar-refractivity contribution is -0.536. The van der Waals surface area contributed by atoms with Gasteiger partial charge >= 0.3 is 46.8 Å². The molecule has 1 aliphatic heterocycles. The van der Waals surface area contributed by atoms with Gasteiger partial charge in [0.2, 0.25) is 11.8 Å². The molecule has 3 heterocycles. The summed E-state index contributed by atoms with van der Waals surface area (Å²) in [6.45, 7) is 7.11. The average Bonchev–Trinajstić information content (AvgIpc) is 2.27. The number of anilines is 2. The van der Waals surface area contributed by atoms with E-state index in [9.17, 15) is 79.0 Å². The molecule has 1 fully saturated rings. The molecule has 32 nitrogen and oxygen atoms in total. The lowest BCUT2D eigenvalue weighted by Crippen LogP contribution is -2.49. The van der Waals surface area contributed by atoms with E-state index in [1.165, 1.54) is 26.0 Å². The van der Waals surface area contributed by atoms with E-state index in [2.05, 4.69) is 20.8 Å². The van der Waals surface area contributed by atoms with Crippen LogP contribution in [0.5, 0.6) is 0 Å². The van der Waals surface area contributed by atoms with Crippen LogP contribution in [0.3, 0.4) is 0 Å². The normalized spacial score (nSPS) is 13.9. The highest BCUT2D eigenvalue weighted by atomic mass is 16.5. The summed E-state index contributed by atoms with van der Waals surface area (Å²) in [5.74, 6) is -4.64. The quantitative estimate of drug-likeness (QED) is 0.0154. The number of amides is 2. The number of carboxylic acids is 4. The first-order chi connectivity index (χ1) is 39.9. The standard InChI is InChI=1S/C27H42N8O7.C25H36N8O9/c1-21(36)18-30(3)12-14-32(20-26(39)40)15-17-33(16-13-31(4)19-22(2)37)25(38)10-7-11-28-27-29-35(42)24-9-6-5-8-23(24)34(27)41;34-21(6-3-7-26-25-27-33(42)20-5-2-1-4-19(20)32(25)41)31-14-12-29(17-23(37)38)10-8-28(16-22(35)36)9-11-30(13-15-31)18-24(39)40/h5-6,8-9,41H,7,10-20H2,1-4H3,(H-,28,29,39,40,42);1-2,4-5,41H,3,6-18H2,(H3-,26,27,35,36,37,38,39,40,42)/p+2. The first-order valence-electron chi connectivity index (χ1n) is 27.3. The van der Waals surface area contributed by atoms with Gasteiger partial charge in [-0.25, -0.2) is 0 Å². The predicted octanol–water partition coefficient (Wildman–Crippen LogP) is -1.98. The molecule has 2 aromatic heterocycles. The van der Waals surface area contributed by atoms with Crippen LogP contribution in [0.15, 0.2) is 48.5 Å². The Morgan fingerprint density at radius 2 is 0.905 bits per heavy atom. The summed E-state index contributed by atoms with van der Waals surface area (Å²) in [6.07, 6.45) is 0.943. The number of hydrogen-bond acceptors (Lipinski definition) is 22. The van der Waals surface area contributed by atoms with Gasteiger partial charge in [0.15, 0.2) is 20.1 Å². The average molecular weight is 1190 g/mol. The van der Waals surface area contributed by atoms with Gasteiger partial charge in [0.25, 0.3) is 0 Å². The third kappa shape index (κ3) is 24.3. The SMILES string of the molecule is CC(=O)CN(C)CCN(CCN(CCN(C)CC(C)=O)C(=O)CCCNc1n[n+](=O)c2ccccc2n1O)CC(=O)O.O=C(O)CN1CCN(CC(=O)O)CCN(C(=O)CCCNc2n[n+](=O)c3ccccc3n2O)CCN(CC(=O)O)CC1. The summed E-state index contributed by atoms with van der Waals surface area (Å²) in [6, 6.07) is 12.8. The van der Waals surface area contributed by atoms with Gasteiger partial charge in [-0.1, -0.05) is 24.3 Å². The number of carbonyl (C=O) groups excluding carboxylic acids is 4. The van der Waals surface area contributed by atoms with Crippen molar-refractivity contribution in [3.05, 3.63) is 58.3 Å². The minimum atomic E-state index is -1.05. The van der Waals surface area contributed by atoms with Crippen molar-refractivity contribution in [3.8, 4) is 0 Å². The highest BCUT2D eigenvalue weighted by Crippen LogP contribution is 2.14. The van der Waals surface area contributed by atoms with Crippen LogP contribution < -0.4 is 19.7 Å². The Morgan fingerprint density at radius 3 is 1.32 bits per heavy atom. The molecular formula is C52H80N16O16+2. The second-order valence-corrected chi connectivity index (χ2v) is 20.4. The van der Waals surface area contributed by atoms with Gasteiger partial charge in [-0.3, -0.25) is 67.8 Å². The molecule has 84 heavy (non-hydrogen) atoms. The number of likely N-dealkylation sites (N-methyl/N-ethyl adjacent to an activating group) is 2. The molecule has 1 saturated heterocycles. The number of carbonyl (C=O) groups is 8. The molecule has 2 amide bonds. The fourth-order valence-corrected chi connectivity index (χ4v) is 9.06. The molecule has 8 N–H and O–H groups in total. The van der Waals surface area contributed by atoms with Gasteiger partial charge in [-0.05, 0) is 52.9 Å². The minimum absolute atomic E-state index is 0.00610. The van der Waals surface area contributed by atoms with E-state index in [0.717, 1.165) is 9.46 Å². The van der Waals surface area contributed by atoms with Gasteiger partial charge < -0.3 is 51.3 Å². The van der Waals surface area contributed by atoms with E-state index in [4.69, 9.17) is 0 Å². The van der Waals surface area contributed by atoms with Crippen LogP contribution in [0.25, 0.3) is 22.1 Å². The second kappa shape index (κ2) is 35.0. The fraction of sp³-hybridized carbons (Fsp3) is 0.577. The third-order valence-electron chi connectivity index (χ3n) is 13.3. The summed E-state index contributed by atoms with van der Waals surface area (Å²) in [7, 11) is 3.58. The monoisotopic (exact) mass is 1180 g/mol. The second-order valence-electron chi connectivity index (χ2n) is 20.4. The first kappa shape index (κ1) is 68.2. The number of aliphatic carboxylic acids is 4. The minimum Gasteiger partial charge on any atom is -0.480 e. The molecule has 0 bridgehead atoms. The zero-order valence-electron chi connectivity index (χ0n) is 48.0. The number of nitrogens with zero attached hydrogens (tertiary/aromatic N) is 14. The van der Waals surface area contributed by atoms with Gasteiger partial charge in [0, 0.05) is 130 Å². The molecule has 0 atom stereocenters. The lowest BCUT2D eigenvalue weighted by Gasteiger charge is -2.33. The smallest absolute Gasteiger partial charge is 0.322 e. The van der Waals surface area contributed by atoms with Crippen molar-refractivity contribution >= 4 is 81.2 Å². The molecule has 0 spiro atoms. The number of para-hydroxylation sites is 4. The lowest BCUT2D eigenvalue weighted by atomic mass is 10.2. The topological polar surface area (TPSA) is 389 Å². The van der Waals surface area contributed by atoms with Crippen LogP contribution in [0.2, 0.25) is 0 Å². The largest absolute Gasteiger partial charge is 0.480 e. The summed E-state index contributed by atoms with van der Waals surface area (Å²) in [4.78, 5) is 133. The van der Waals surface area contributed by atoms with Crippen LogP contribution in [0.4, 0.5) is 11.9 Å². The number of Topliss-reactive ketones (excluding diaryl/α,β-unsaturated/α-hetero) is 2. The van der Waals surface area contributed by atoms with Crippen molar-refractivity contribution in [1.29, 1.82) is 0 Å². The molecule has 5 rings (SSSR count). The van der Waals surface area contributed by atoms with Crippen molar-refractivity contribution in [2.24, 2.45) is 0 Å². The Hall–Kier alpha value is -8.30. The zero-order valence-corrected chi connectivity index (χ0v) is 48.0. The van der Waals surface area contributed by atoms with Crippen molar-refractivity contribution in [3.63, 3.8) is 0 Å². The number of nitrogens with one attached hydrogen (secondary N) is 2. The van der Waals surface area contributed by atoms with Crippen molar-refractivity contribution in [2.75, 3.05) is 169 Å². The molecule has 0 saturated carbocycles. The fourth-order valence-electron chi connectivity index (χ4n) is 9.06. The van der Waals surface area contributed by atoms with E-state index >= 15 is 0 Å². The van der Waals surface area contributed by atoms with E-state index in [0.29, 0.717) is 54.6 Å². The highest BCUT2D eigenvalue weighted by molar-refractivity contribution is 5.79. The highest BCUT2D eigenvalue weighted by Gasteiger charge is 2.25. The molecule has 32 heteroatoms. The molecular weight excluding hydrogens is 1100 g/mol. The van der Waals surface area contributed by atoms with Crippen LogP contribution >= 0.6 is 0 Å². The maximum Gasteiger partial charge on any atom is 0.322 e. The van der Waals surface area contributed by atoms with Gasteiger partial charge in [0.1, 0.15) is 11.6 Å². The van der Waals surface area contributed by atoms with Crippen LogP contribution in [-0.4, -0.2) is 295 Å². The zero-order chi connectivity index (χ0) is 61.9. The number of carboxylic acid groups (broad SMARTS) is 4. The number of aromatic nitrogens is 6. The van der Waals surface area contributed by atoms with Crippen LogP contribution in [0, 0.1) is 9.81 Å². The maximum absolute atomic E-state index is 13.2. The number of hydrogen-bond donors (Lipinski definition) is 8. The Bertz CT molecular complexity index is 2970. The van der Waals surface area contributed by atoms with E-state index in [1.54, 1.807) is 79.9 Å². The number of ketones is 2. The molecule has 0 aliphatic carbocycles. The molecule has 462 valence electrons. The molecule has 4 aromatic rings. The third-order valence-corrected chi connectivity index (χ3v) is 13.3. The Balaban J connectivity index is 0.000000360. The van der Waals surface area contributed by atoms with Crippen molar-refractivity contribution in [1.82, 2.24) is 58.9 Å². The first-order valence-corrected chi connectivity index (χ1v) is 27.3. The molecule has 2 aromatic carbocycles. The molecule has 1 aliphatic rings. The molecule has 0 radical (unpaired) electrons. The van der Waals surface area contributed by atoms with E-state index in [-0.39, 0.29) is 181 Å². The molecule has 0 unspecified atom stereocenters. The van der Waals surface area contributed by atoms with Crippen molar-refractivity contribution in [2.45, 2.75) is 39.5 Å². The number of fused-ring (bicyclic) bond motifs is 2. The van der Waals surface area contributed by atoms with Gasteiger partial charge in [0.05, 0.1) is 59.3 Å². The Labute approximate surface area is 483 Å². The van der Waals surface area contributed by atoms with Gasteiger partial charge in [-0.2, -0.15) is 0 Å². The number of benzene rings is 2. The maximum atomic E-state index is 13.2. The van der Waals surface area contributed by atoms with Crippen LogP contribution in [0.1, 0.15) is 39.5 Å². The number of rotatable bonds is 31. The summed E-state index contributed by atoms with van der Waals surface area (Å²) in [5.41, 5.74) is 0.914.